The molecule has 12 nitrogen and oxygen atoms in total. The maximum atomic E-state index is 12.2. The van der Waals surface area contributed by atoms with Gasteiger partial charge >= 0.3 is 35.8 Å². The summed E-state index contributed by atoms with van der Waals surface area (Å²) in [4.78, 5) is 69.1. The Bertz CT molecular complexity index is 1150. The number of ether oxygens (including phenoxy) is 2. The SMILES string of the molecule is O=C(O)c1ccc(C(=O)OCCCCCCCCCOC(=O)c2ccc(C(=O)O)cc2C(=O)O)c(C(=O)O)c1. The molecule has 4 N–H and O–H groups in total. The molecule has 2 rings (SSSR count). The topological polar surface area (TPSA) is 202 Å². The fourth-order valence-corrected chi connectivity index (χ4v) is 3.64. The van der Waals surface area contributed by atoms with E-state index < -0.39 is 46.9 Å². The van der Waals surface area contributed by atoms with Crippen molar-refractivity contribution < 1.29 is 58.7 Å². The van der Waals surface area contributed by atoms with Crippen molar-refractivity contribution in [1.82, 2.24) is 0 Å². The quantitative estimate of drug-likeness (QED) is 0.173. The fraction of sp³-hybridized carbons (Fsp3) is 0.333. The van der Waals surface area contributed by atoms with Crippen molar-refractivity contribution in [1.29, 1.82) is 0 Å². The second-order valence-electron chi connectivity index (χ2n) is 8.49. The summed E-state index contributed by atoms with van der Waals surface area (Å²) in [6.45, 7) is 0.167. The molecule has 0 bridgehead atoms. The first-order chi connectivity index (χ1) is 18.5. The van der Waals surface area contributed by atoms with Gasteiger partial charge < -0.3 is 29.9 Å². The standard InChI is InChI=1S/C27H28O12/c28-22(29)16-8-10-18(20(14-16)24(32)33)26(36)38-12-6-4-2-1-3-5-7-13-39-27(37)19-11-9-17(23(30)31)15-21(19)25(34)35/h8-11,14-15H,1-7,12-13H2,(H,28,29)(H,30,31)(H,32,33)(H,34,35). The van der Waals surface area contributed by atoms with Gasteiger partial charge in [-0.15, -0.1) is 0 Å². The van der Waals surface area contributed by atoms with Crippen LogP contribution in [0.1, 0.15) is 107 Å². The number of hydrogen-bond acceptors (Lipinski definition) is 8. The van der Waals surface area contributed by atoms with Crippen LogP contribution in [0.5, 0.6) is 0 Å². The Kier molecular flexibility index (Phi) is 11.6. The number of unbranched alkanes of at least 4 members (excludes halogenated alkanes) is 6. The van der Waals surface area contributed by atoms with Crippen LogP contribution in [-0.4, -0.2) is 69.5 Å². The Morgan fingerprint density at radius 1 is 0.462 bits per heavy atom. The highest BCUT2D eigenvalue weighted by atomic mass is 16.5. The molecule has 12 heteroatoms. The molecule has 0 aliphatic carbocycles. The van der Waals surface area contributed by atoms with Crippen LogP contribution < -0.4 is 0 Å². The molecule has 0 spiro atoms. The second kappa shape index (κ2) is 14.9. The highest BCUT2D eigenvalue weighted by Gasteiger charge is 2.21. The van der Waals surface area contributed by atoms with Gasteiger partial charge in [-0.25, -0.2) is 28.8 Å². The summed E-state index contributed by atoms with van der Waals surface area (Å²) in [7, 11) is 0. The smallest absolute Gasteiger partial charge is 0.339 e. The Labute approximate surface area is 222 Å². The molecule has 0 heterocycles. The van der Waals surface area contributed by atoms with Gasteiger partial charge in [0.25, 0.3) is 0 Å². The number of carboxylic acids is 4. The monoisotopic (exact) mass is 544 g/mol. The first kappa shape index (κ1) is 30.5. The van der Waals surface area contributed by atoms with Gasteiger partial charge in [0.15, 0.2) is 0 Å². The molecule has 0 unspecified atom stereocenters. The van der Waals surface area contributed by atoms with Crippen LogP contribution >= 0.6 is 0 Å². The van der Waals surface area contributed by atoms with Crippen LogP contribution in [0, 0.1) is 0 Å². The van der Waals surface area contributed by atoms with Crippen LogP contribution in [-0.2, 0) is 9.47 Å². The van der Waals surface area contributed by atoms with Crippen LogP contribution in [0.25, 0.3) is 0 Å². The molecule has 2 aromatic carbocycles. The lowest BCUT2D eigenvalue weighted by molar-refractivity contribution is 0.0483. The minimum atomic E-state index is -1.43. The number of carboxylic acid groups (broad SMARTS) is 4. The zero-order valence-corrected chi connectivity index (χ0v) is 20.9. The summed E-state index contributed by atoms with van der Waals surface area (Å²) in [5, 5.41) is 36.4. The zero-order valence-electron chi connectivity index (χ0n) is 20.9. The maximum absolute atomic E-state index is 12.2. The zero-order chi connectivity index (χ0) is 28.9. The Morgan fingerprint density at radius 3 is 1.10 bits per heavy atom. The van der Waals surface area contributed by atoms with Gasteiger partial charge in [-0.1, -0.05) is 32.1 Å². The summed E-state index contributed by atoms with van der Waals surface area (Å²) < 4.78 is 10.2. The van der Waals surface area contributed by atoms with E-state index in [4.69, 9.17) is 19.7 Å². The summed E-state index contributed by atoms with van der Waals surface area (Å²) in [6, 6.07) is 6.33. The van der Waals surface area contributed by atoms with Gasteiger partial charge in [-0.05, 0) is 49.2 Å². The highest BCUT2D eigenvalue weighted by molar-refractivity contribution is 6.05. The number of aromatic carboxylic acids is 4. The molecule has 0 saturated heterocycles. The summed E-state index contributed by atoms with van der Waals surface area (Å²) in [5.74, 6) is -7.16. The molecule has 39 heavy (non-hydrogen) atoms. The maximum Gasteiger partial charge on any atom is 0.339 e. The Balaban J connectivity index is 1.62. The minimum Gasteiger partial charge on any atom is -0.478 e. The van der Waals surface area contributed by atoms with Crippen molar-refractivity contribution in [2.45, 2.75) is 44.9 Å². The minimum absolute atomic E-state index is 0.0836. The third-order valence-corrected chi connectivity index (χ3v) is 5.69. The van der Waals surface area contributed by atoms with E-state index in [-0.39, 0.29) is 35.5 Å². The molecule has 0 aromatic heterocycles. The molecule has 0 aliphatic heterocycles. The molecule has 0 radical (unpaired) electrons. The molecule has 0 amide bonds. The fourth-order valence-electron chi connectivity index (χ4n) is 3.64. The largest absolute Gasteiger partial charge is 0.478 e. The van der Waals surface area contributed by atoms with E-state index in [2.05, 4.69) is 0 Å². The van der Waals surface area contributed by atoms with E-state index >= 15 is 0 Å². The van der Waals surface area contributed by atoms with Gasteiger partial charge in [0.05, 0.1) is 46.6 Å². The molecule has 0 aliphatic rings. The molecular weight excluding hydrogens is 516 g/mol. The summed E-state index contributed by atoms with van der Waals surface area (Å²) in [5.41, 5.74) is -1.81. The van der Waals surface area contributed by atoms with Crippen LogP contribution in [0.3, 0.4) is 0 Å². The van der Waals surface area contributed by atoms with E-state index in [1.54, 1.807) is 0 Å². The first-order valence-corrected chi connectivity index (χ1v) is 12.1. The van der Waals surface area contributed by atoms with Crippen molar-refractivity contribution >= 4 is 35.8 Å². The number of esters is 2. The number of carbonyl (C=O) groups excluding carboxylic acids is 2. The van der Waals surface area contributed by atoms with Gasteiger partial charge in [0, 0.05) is 0 Å². The molecule has 2 aromatic rings. The lowest BCUT2D eigenvalue weighted by atomic mass is 10.0. The Morgan fingerprint density at radius 2 is 0.795 bits per heavy atom. The van der Waals surface area contributed by atoms with Crippen molar-refractivity contribution in [3.63, 3.8) is 0 Å². The van der Waals surface area contributed by atoms with Gasteiger partial charge in [0.1, 0.15) is 0 Å². The predicted molar refractivity (Wildman–Crippen MR) is 134 cm³/mol. The lowest BCUT2D eigenvalue weighted by Gasteiger charge is -2.09. The van der Waals surface area contributed by atoms with Crippen LogP contribution in [0.15, 0.2) is 36.4 Å². The highest BCUT2D eigenvalue weighted by Crippen LogP contribution is 2.16. The second-order valence-corrected chi connectivity index (χ2v) is 8.49. The van der Waals surface area contributed by atoms with Gasteiger partial charge in [0.2, 0.25) is 0 Å². The average Bonchev–Trinajstić information content (AvgIpc) is 2.90. The third kappa shape index (κ3) is 9.26. The molecule has 208 valence electrons. The van der Waals surface area contributed by atoms with E-state index in [1.807, 2.05) is 0 Å². The third-order valence-electron chi connectivity index (χ3n) is 5.69. The number of carbonyl (C=O) groups is 6. The lowest BCUT2D eigenvalue weighted by Crippen LogP contribution is -2.14. The number of hydrogen-bond donors (Lipinski definition) is 4. The van der Waals surface area contributed by atoms with Gasteiger partial charge in [-0.2, -0.15) is 0 Å². The molecule has 0 atom stereocenters. The molecule has 0 fully saturated rings. The molecule has 0 saturated carbocycles. The number of rotatable bonds is 16. The van der Waals surface area contributed by atoms with E-state index in [9.17, 15) is 39.0 Å². The van der Waals surface area contributed by atoms with Crippen molar-refractivity contribution in [2.75, 3.05) is 13.2 Å². The normalized spacial score (nSPS) is 10.5. The van der Waals surface area contributed by atoms with Crippen molar-refractivity contribution in [3.05, 3.63) is 69.8 Å². The predicted octanol–water partition coefficient (Wildman–Crippen LogP) is 4.22. The van der Waals surface area contributed by atoms with Crippen molar-refractivity contribution in [2.24, 2.45) is 0 Å². The Hall–Kier alpha value is -4.74. The average molecular weight is 545 g/mol. The van der Waals surface area contributed by atoms with Gasteiger partial charge in [-0.3, -0.25) is 0 Å². The summed E-state index contributed by atoms with van der Waals surface area (Å²) in [6.07, 6.45) is 5.22. The first-order valence-electron chi connectivity index (χ1n) is 12.1. The van der Waals surface area contributed by atoms with Crippen molar-refractivity contribution in [3.8, 4) is 0 Å². The van der Waals surface area contributed by atoms with E-state index in [0.717, 1.165) is 68.5 Å². The van der Waals surface area contributed by atoms with E-state index in [0.29, 0.717) is 12.8 Å². The van der Waals surface area contributed by atoms with Crippen LogP contribution in [0.4, 0.5) is 0 Å². The molecular formula is C27H28O12. The van der Waals surface area contributed by atoms with E-state index in [1.165, 1.54) is 0 Å². The summed E-state index contributed by atoms with van der Waals surface area (Å²) >= 11 is 0. The number of benzene rings is 2. The van der Waals surface area contributed by atoms with Crippen LogP contribution in [0.2, 0.25) is 0 Å².